The van der Waals surface area contributed by atoms with Crippen LogP contribution in [-0.4, -0.2) is 40.1 Å². The van der Waals surface area contributed by atoms with Crippen LogP contribution >= 0.6 is 0 Å². The molecule has 0 aromatic heterocycles. The van der Waals surface area contributed by atoms with Gasteiger partial charge in [-0.2, -0.15) is 4.90 Å². The number of carbonyl (C=O) groups excluding carboxylic acids is 3. The Morgan fingerprint density at radius 1 is 0.938 bits per heavy atom. The van der Waals surface area contributed by atoms with E-state index in [-0.39, 0.29) is 23.8 Å². The van der Waals surface area contributed by atoms with Gasteiger partial charge >= 0.3 is 18.2 Å². The van der Waals surface area contributed by atoms with Crippen molar-refractivity contribution in [2.45, 2.75) is 90.8 Å². The van der Waals surface area contributed by atoms with Crippen LogP contribution in [0.4, 0.5) is 14.0 Å². The quantitative estimate of drug-likeness (QED) is 0.311. The maximum atomic E-state index is 16.5. The van der Waals surface area contributed by atoms with Crippen LogP contribution < -0.4 is 0 Å². The molecule has 1 saturated carbocycles. The fraction of sp³-hybridized carbons (Fsp3) is 0.625. The average Bonchev–Trinajstić information content (AvgIpc) is 2.60. The second kappa shape index (κ2) is 9.88. The minimum atomic E-state index is -3.06. The van der Waals surface area contributed by atoms with Gasteiger partial charge in [0.2, 0.25) is 0 Å². The summed E-state index contributed by atoms with van der Waals surface area (Å²) >= 11 is 0. The number of esters is 1. The summed E-state index contributed by atoms with van der Waals surface area (Å²) < 4.78 is 32.3. The van der Waals surface area contributed by atoms with E-state index < -0.39 is 35.2 Å². The summed E-state index contributed by atoms with van der Waals surface area (Å²) in [6.45, 7) is 9.28. The number of alkyl halides is 1. The van der Waals surface area contributed by atoms with Gasteiger partial charge in [0, 0.05) is 6.42 Å². The normalized spacial score (nSPS) is 16.3. The summed E-state index contributed by atoms with van der Waals surface area (Å²) in [5.41, 5.74) is -1.40. The number of imide groups is 1. The van der Waals surface area contributed by atoms with Crippen LogP contribution in [0.2, 0.25) is 0 Å². The molecule has 1 aliphatic rings. The maximum absolute atomic E-state index is 16.5. The molecular formula is C24H34FNO6. The number of carbonyl (C=O) groups is 3. The van der Waals surface area contributed by atoms with Crippen molar-refractivity contribution in [3.63, 3.8) is 0 Å². The molecule has 1 aromatic rings. The van der Waals surface area contributed by atoms with Crippen molar-refractivity contribution in [2.75, 3.05) is 0 Å². The summed E-state index contributed by atoms with van der Waals surface area (Å²) in [5, 5.41) is 0. The summed E-state index contributed by atoms with van der Waals surface area (Å²) in [5.74, 6) is -4.56. The third-order valence-corrected chi connectivity index (χ3v) is 4.82. The molecule has 32 heavy (non-hydrogen) atoms. The Morgan fingerprint density at radius 3 is 1.84 bits per heavy atom. The number of hydrogen-bond acceptors (Lipinski definition) is 6. The van der Waals surface area contributed by atoms with Gasteiger partial charge in [0.15, 0.2) is 0 Å². The van der Waals surface area contributed by atoms with Gasteiger partial charge in [-0.3, -0.25) is 0 Å². The van der Waals surface area contributed by atoms with Gasteiger partial charge in [0.25, 0.3) is 5.79 Å². The Hall–Kier alpha value is -2.64. The number of ether oxygens (including phenoxy) is 3. The van der Waals surface area contributed by atoms with Crippen LogP contribution in [-0.2, 0) is 25.6 Å². The van der Waals surface area contributed by atoms with Gasteiger partial charge in [-0.25, -0.2) is 18.8 Å². The monoisotopic (exact) mass is 451 g/mol. The minimum absolute atomic E-state index is 0.148. The van der Waals surface area contributed by atoms with Crippen molar-refractivity contribution in [1.82, 2.24) is 4.90 Å². The first-order valence-corrected chi connectivity index (χ1v) is 10.9. The van der Waals surface area contributed by atoms with Crippen LogP contribution in [0.15, 0.2) is 30.3 Å². The van der Waals surface area contributed by atoms with Gasteiger partial charge in [-0.1, -0.05) is 49.6 Å². The van der Waals surface area contributed by atoms with Crippen molar-refractivity contribution in [2.24, 2.45) is 5.92 Å². The number of hydrogen-bond donors (Lipinski definition) is 0. The highest BCUT2D eigenvalue weighted by molar-refractivity contribution is 5.95. The van der Waals surface area contributed by atoms with Crippen molar-refractivity contribution in [3.05, 3.63) is 35.9 Å². The Labute approximate surface area is 189 Å². The number of amides is 2. The molecule has 7 nitrogen and oxygen atoms in total. The first kappa shape index (κ1) is 25.6. The van der Waals surface area contributed by atoms with E-state index in [1.165, 1.54) is 0 Å². The molecule has 1 aliphatic carbocycles. The molecule has 0 aliphatic heterocycles. The largest absolute Gasteiger partial charge is 0.457 e. The van der Waals surface area contributed by atoms with Crippen LogP contribution in [0, 0.1) is 5.92 Å². The molecule has 0 radical (unpaired) electrons. The molecule has 1 atom stereocenters. The van der Waals surface area contributed by atoms with E-state index in [1.54, 1.807) is 71.9 Å². The van der Waals surface area contributed by atoms with Crippen molar-refractivity contribution < 1.29 is 33.0 Å². The topological polar surface area (TPSA) is 82.1 Å². The second-order valence-electron chi connectivity index (χ2n) is 10.1. The van der Waals surface area contributed by atoms with Crippen LogP contribution in [0.1, 0.15) is 72.8 Å². The lowest BCUT2D eigenvalue weighted by molar-refractivity contribution is -0.175. The number of benzene rings is 1. The first-order chi connectivity index (χ1) is 14.7. The zero-order valence-corrected chi connectivity index (χ0v) is 19.8. The van der Waals surface area contributed by atoms with Gasteiger partial charge < -0.3 is 14.2 Å². The van der Waals surface area contributed by atoms with E-state index in [2.05, 4.69) is 0 Å². The third kappa shape index (κ3) is 7.21. The van der Waals surface area contributed by atoms with E-state index >= 15 is 4.39 Å². The van der Waals surface area contributed by atoms with Crippen molar-refractivity contribution >= 4 is 18.2 Å². The molecule has 1 unspecified atom stereocenters. The molecule has 0 bridgehead atoms. The summed E-state index contributed by atoms with van der Waals surface area (Å²) in [6, 6.07) is 8.76. The average molecular weight is 452 g/mol. The predicted octanol–water partition coefficient (Wildman–Crippen LogP) is 5.76. The molecule has 2 amide bonds. The molecular weight excluding hydrogens is 417 g/mol. The lowest BCUT2D eigenvalue weighted by Crippen LogP contribution is -2.60. The SMILES string of the molecule is CC(C)(C)OC(=O)N(C(=O)OC(C)(C)C)C(F)(CC1CCC1)C(=O)OCc1ccccc1. The fourth-order valence-electron chi connectivity index (χ4n) is 3.16. The molecule has 1 fully saturated rings. The maximum Gasteiger partial charge on any atom is 0.423 e. The molecule has 8 heteroatoms. The van der Waals surface area contributed by atoms with Crippen LogP contribution in [0.25, 0.3) is 0 Å². The molecule has 1 aromatic carbocycles. The highest BCUT2D eigenvalue weighted by Crippen LogP contribution is 2.39. The highest BCUT2D eigenvalue weighted by atomic mass is 19.1. The van der Waals surface area contributed by atoms with Gasteiger partial charge in [0.05, 0.1) is 0 Å². The zero-order valence-electron chi connectivity index (χ0n) is 19.8. The van der Waals surface area contributed by atoms with Crippen molar-refractivity contribution in [3.8, 4) is 0 Å². The number of rotatable bonds is 6. The summed E-state index contributed by atoms with van der Waals surface area (Å²) in [4.78, 5) is 39.1. The molecule has 0 N–H and O–H groups in total. The van der Waals surface area contributed by atoms with Gasteiger partial charge in [-0.15, -0.1) is 0 Å². The third-order valence-electron chi connectivity index (χ3n) is 4.82. The molecule has 0 saturated heterocycles. The highest BCUT2D eigenvalue weighted by Gasteiger charge is 2.56. The van der Waals surface area contributed by atoms with E-state index in [4.69, 9.17) is 14.2 Å². The number of nitrogens with zero attached hydrogens (tertiary/aromatic N) is 1. The first-order valence-electron chi connectivity index (χ1n) is 10.9. The summed E-state index contributed by atoms with van der Waals surface area (Å²) in [6.07, 6.45) is -0.713. The van der Waals surface area contributed by atoms with E-state index in [9.17, 15) is 14.4 Å². The molecule has 2 rings (SSSR count). The second-order valence-corrected chi connectivity index (χ2v) is 10.1. The van der Waals surface area contributed by atoms with Gasteiger partial charge in [-0.05, 0) is 53.0 Å². The van der Waals surface area contributed by atoms with E-state index in [0.717, 1.165) is 6.42 Å². The Morgan fingerprint density at radius 2 is 1.44 bits per heavy atom. The summed E-state index contributed by atoms with van der Waals surface area (Å²) in [7, 11) is 0. The van der Waals surface area contributed by atoms with Crippen LogP contribution in [0.3, 0.4) is 0 Å². The lowest BCUT2D eigenvalue weighted by Gasteiger charge is -2.39. The lowest BCUT2D eigenvalue weighted by atomic mass is 9.80. The molecule has 0 heterocycles. The van der Waals surface area contributed by atoms with Crippen molar-refractivity contribution in [1.29, 1.82) is 0 Å². The zero-order chi connectivity index (χ0) is 24.2. The Kier molecular flexibility index (Phi) is 7.91. The van der Waals surface area contributed by atoms with Gasteiger partial charge in [0.1, 0.15) is 17.8 Å². The van der Waals surface area contributed by atoms with Crippen LogP contribution in [0.5, 0.6) is 0 Å². The smallest absolute Gasteiger partial charge is 0.423 e. The molecule has 0 spiro atoms. The Bertz CT molecular complexity index is 782. The van der Waals surface area contributed by atoms with E-state index in [0.29, 0.717) is 18.4 Å². The predicted molar refractivity (Wildman–Crippen MR) is 116 cm³/mol. The number of halogens is 1. The standard InChI is InChI=1S/C24H34FNO6/c1-22(2,3)31-20(28)26(21(29)32-23(4,5)6)24(25,15-17-13-10-14-17)19(27)30-16-18-11-8-7-9-12-18/h7-9,11-12,17H,10,13-16H2,1-6H3. The Balaban J connectivity index is 2.38. The fourth-order valence-corrected chi connectivity index (χ4v) is 3.16. The minimum Gasteiger partial charge on any atom is -0.457 e. The van der Waals surface area contributed by atoms with E-state index in [1.807, 2.05) is 0 Å². The molecule has 178 valence electrons.